The van der Waals surface area contributed by atoms with E-state index in [0.717, 1.165) is 33.0 Å². The quantitative estimate of drug-likeness (QED) is 0.528. The van der Waals surface area contributed by atoms with Crippen LogP contribution in [0, 0.1) is 0 Å². The van der Waals surface area contributed by atoms with Gasteiger partial charge in [-0.25, -0.2) is 4.79 Å². The minimum atomic E-state index is -0.360. The average Bonchev–Trinajstić information content (AvgIpc) is 2.59. The molecule has 1 atom stereocenters. The molecule has 0 saturated heterocycles. The molecule has 1 amide bonds. The van der Waals surface area contributed by atoms with Crippen molar-refractivity contribution in [3.05, 3.63) is 58.4 Å². The van der Waals surface area contributed by atoms with E-state index in [1.807, 2.05) is 50.4 Å². The second kappa shape index (κ2) is 7.49. The Hall–Kier alpha value is -2.66. The second-order valence-corrected chi connectivity index (χ2v) is 6.41. The van der Waals surface area contributed by atoms with Gasteiger partial charge in [0.15, 0.2) is 6.54 Å². The summed E-state index contributed by atoms with van der Waals surface area (Å²) in [6.45, 7) is 3.66. The molecule has 0 bridgehead atoms. The van der Waals surface area contributed by atoms with E-state index in [4.69, 9.17) is 4.42 Å². The fourth-order valence-corrected chi connectivity index (χ4v) is 3.15. The average molecular weight is 339 g/mol. The molecule has 0 fully saturated rings. The summed E-state index contributed by atoms with van der Waals surface area (Å²) in [4.78, 5) is 24.9. The number of fused-ring (bicyclic) bond motifs is 3. The number of amides is 1. The van der Waals surface area contributed by atoms with Crippen LogP contribution in [-0.2, 0) is 11.3 Å². The summed E-state index contributed by atoms with van der Waals surface area (Å²) in [6.07, 6.45) is 0.918. The van der Waals surface area contributed by atoms with Crippen molar-refractivity contribution in [1.29, 1.82) is 0 Å². The van der Waals surface area contributed by atoms with Crippen LogP contribution >= 0.6 is 0 Å². The molecule has 0 aliphatic rings. The molecule has 5 heteroatoms. The summed E-state index contributed by atoms with van der Waals surface area (Å²) in [6, 6.07) is 13.4. The molecule has 0 aliphatic carbocycles. The fraction of sp³-hybridized carbons (Fsp3) is 0.300. The normalized spacial score (nSPS) is 12.4. The van der Waals surface area contributed by atoms with Crippen LogP contribution in [0.25, 0.3) is 21.7 Å². The minimum Gasteiger partial charge on any atom is -0.423 e. The summed E-state index contributed by atoms with van der Waals surface area (Å²) in [7, 11) is 1.96. The molecule has 5 nitrogen and oxygen atoms in total. The lowest BCUT2D eigenvalue weighted by atomic mass is 10.0. The number of hydrogen-bond donors (Lipinski definition) is 2. The molecule has 1 unspecified atom stereocenters. The van der Waals surface area contributed by atoms with E-state index in [0.29, 0.717) is 25.2 Å². The molecule has 3 rings (SSSR count). The summed E-state index contributed by atoms with van der Waals surface area (Å²) < 4.78 is 5.38. The number of carbonyl (C=O) groups excluding carboxylic acids is 1. The first-order chi connectivity index (χ1) is 12.1. The summed E-state index contributed by atoms with van der Waals surface area (Å²) in [5.74, 6) is 0.0245. The van der Waals surface area contributed by atoms with E-state index in [1.54, 1.807) is 6.07 Å². The van der Waals surface area contributed by atoms with Gasteiger partial charge in [-0.1, -0.05) is 37.3 Å². The van der Waals surface area contributed by atoms with Gasteiger partial charge in [-0.2, -0.15) is 0 Å². The van der Waals surface area contributed by atoms with E-state index in [9.17, 15) is 9.59 Å². The molecule has 1 heterocycles. The van der Waals surface area contributed by atoms with Gasteiger partial charge < -0.3 is 14.6 Å². The van der Waals surface area contributed by atoms with E-state index < -0.39 is 0 Å². The highest BCUT2D eigenvalue weighted by Crippen LogP contribution is 2.26. The van der Waals surface area contributed by atoms with Crippen LogP contribution in [0.15, 0.2) is 51.7 Å². The number of rotatable bonds is 6. The van der Waals surface area contributed by atoms with Crippen molar-refractivity contribution in [2.45, 2.75) is 19.9 Å². The van der Waals surface area contributed by atoms with Gasteiger partial charge >= 0.3 is 5.63 Å². The third-order valence-electron chi connectivity index (χ3n) is 4.24. The first-order valence-electron chi connectivity index (χ1n) is 8.61. The lowest BCUT2D eigenvalue weighted by molar-refractivity contribution is -0.885. The summed E-state index contributed by atoms with van der Waals surface area (Å²) >= 11 is 0. The van der Waals surface area contributed by atoms with Crippen molar-refractivity contribution in [3.8, 4) is 0 Å². The monoisotopic (exact) mass is 339 g/mol. The van der Waals surface area contributed by atoms with Crippen LogP contribution in [0.2, 0.25) is 0 Å². The highest BCUT2D eigenvalue weighted by molar-refractivity contribution is 6.06. The van der Waals surface area contributed by atoms with Crippen molar-refractivity contribution in [2.24, 2.45) is 0 Å². The Kier molecular flexibility index (Phi) is 5.14. The molecule has 1 aromatic heterocycles. The SMILES string of the molecule is CCCNC(=O)C[NH+](C)Cc1cc(=O)oc2ccc3ccccc3c12. The molecule has 3 aromatic rings. The van der Waals surface area contributed by atoms with Crippen molar-refractivity contribution >= 4 is 27.6 Å². The van der Waals surface area contributed by atoms with Gasteiger partial charge in [0.2, 0.25) is 0 Å². The van der Waals surface area contributed by atoms with E-state index in [2.05, 4.69) is 5.32 Å². The number of nitrogens with one attached hydrogen (secondary N) is 2. The Morgan fingerprint density at radius 1 is 1.20 bits per heavy atom. The van der Waals surface area contributed by atoms with E-state index in [-0.39, 0.29) is 11.5 Å². The van der Waals surface area contributed by atoms with Gasteiger partial charge in [0.1, 0.15) is 12.1 Å². The predicted molar refractivity (Wildman–Crippen MR) is 98.7 cm³/mol. The largest absolute Gasteiger partial charge is 0.423 e. The molecular weight excluding hydrogens is 316 g/mol. The van der Waals surface area contributed by atoms with E-state index in [1.165, 1.54) is 0 Å². The summed E-state index contributed by atoms with van der Waals surface area (Å²) in [5.41, 5.74) is 1.13. The lowest BCUT2D eigenvalue weighted by Crippen LogP contribution is -3.08. The molecular formula is C20H23N2O3+. The zero-order chi connectivity index (χ0) is 17.8. The van der Waals surface area contributed by atoms with Gasteiger partial charge in [0.25, 0.3) is 5.91 Å². The van der Waals surface area contributed by atoms with Crippen molar-refractivity contribution in [2.75, 3.05) is 20.1 Å². The second-order valence-electron chi connectivity index (χ2n) is 6.41. The van der Waals surface area contributed by atoms with Crippen LogP contribution in [0.5, 0.6) is 0 Å². The molecule has 0 radical (unpaired) electrons. The topological polar surface area (TPSA) is 63.8 Å². The maximum atomic E-state index is 11.9. The molecule has 2 N–H and O–H groups in total. The molecule has 25 heavy (non-hydrogen) atoms. The number of hydrogen-bond acceptors (Lipinski definition) is 3. The maximum absolute atomic E-state index is 11.9. The van der Waals surface area contributed by atoms with Crippen LogP contribution in [0.3, 0.4) is 0 Å². The highest BCUT2D eigenvalue weighted by Gasteiger charge is 2.15. The van der Waals surface area contributed by atoms with Crippen molar-refractivity contribution in [3.63, 3.8) is 0 Å². The zero-order valence-electron chi connectivity index (χ0n) is 14.6. The highest BCUT2D eigenvalue weighted by atomic mass is 16.4. The van der Waals surface area contributed by atoms with Gasteiger partial charge in [-0.15, -0.1) is 0 Å². The lowest BCUT2D eigenvalue weighted by Gasteiger charge is -2.15. The van der Waals surface area contributed by atoms with Crippen LogP contribution in [-0.4, -0.2) is 26.0 Å². The Bertz CT molecular complexity index is 962. The number of carbonyl (C=O) groups is 1. The third-order valence-corrected chi connectivity index (χ3v) is 4.24. The van der Waals surface area contributed by atoms with Gasteiger partial charge in [0, 0.05) is 23.6 Å². The van der Waals surface area contributed by atoms with Gasteiger partial charge in [-0.3, -0.25) is 4.79 Å². The maximum Gasteiger partial charge on any atom is 0.336 e. The Morgan fingerprint density at radius 2 is 2.00 bits per heavy atom. The van der Waals surface area contributed by atoms with Gasteiger partial charge in [0.05, 0.1) is 7.05 Å². The smallest absolute Gasteiger partial charge is 0.336 e. The molecule has 0 saturated carbocycles. The Labute approximate surface area is 146 Å². The zero-order valence-corrected chi connectivity index (χ0v) is 14.6. The van der Waals surface area contributed by atoms with E-state index >= 15 is 0 Å². The van der Waals surface area contributed by atoms with Crippen LogP contribution < -0.4 is 15.8 Å². The molecule has 2 aromatic carbocycles. The van der Waals surface area contributed by atoms with Crippen molar-refractivity contribution < 1.29 is 14.1 Å². The Morgan fingerprint density at radius 3 is 2.80 bits per heavy atom. The summed E-state index contributed by atoms with van der Waals surface area (Å²) in [5, 5.41) is 5.99. The van der Waals surface area contributed by atoms with Crippen molar-refractivity contribution in [1.82, 2.24) is 5.32 Å². The molecule has 0 spiro atoms. The third kappa shape index (κ3) is 3.88. The van der Waals surface area contributed by atoms with Gasteiger partial charge in [-0.05, 0) is 23.3 Å². The predicted octanol–water partition coefficient (Wildman–Crippen LogP) is 1.49. The molecule has 130 valence electrons. The Balaban J connectivity index is 1.96. The van der Waals surface area contributed by atoms with Crippen LogP contribution in [0.4, 0.5) is 0 Å². The first kappa shape index (κ1) is 17.2. The number of quaternary nitrogens is 1. The standard InChI is InChI=1S/C20H22N2O3/c1-3-10-21-18(23)13-22(2)12-15-11-19(24)25-17-9-8-14-6-4-5-7-16(14)20(15)17/h4-9,11H,3,10,12-13H2,1-2H3,(H,21,23)/p+1. The first-order valence-corrected chi connectivity index (χ1v) is 8.61. The van der Waals surface area contributed by atoms with Crippen LogP contribution in [0.1, 0.15) is 18.9 Å². The fourth-order valence-electron chi connectivity index (χ4n) is 3.15. The number of likely N-dealkylation sites (N-methyl/N-ethyl adjacent to an activating group) is 1. The number of benzene rings is 2. The molecule has 0 aliphatic heterocycles. The minimum absolute atomic E-state index is 0.0245.